The van der Waals surface area contributed by atoms with E-state index in [1.165, 1.54) is 23.0 Å². The highest BCUT2D eigenvalue weighted by Gasteiger charge is 2.08. The maximum atomic E-state index is 11.8. The fourth-order valence-electron chi connectivity index (χ4n) is 2.14. The number of aromatic amines is 1. The van der Waals surface area contributed by atoms with Crippen LogP contribution < -0.4 is 5.69 Å². The van der Waals surface area contributed by atoms with E-state index in [-0.39, 0.29) is 5.69 Å². The van der Waals surface area contributed by atoms with Gasteiger partial charge in [0.1, 0.15) is 0 Å². The van der Waals surface area contributed by atoms with Crippen molar-refractivity contribution in [3.63, 3.8) is 0 Å². The first kappa shape index (κ1) is 15.3. The van der Waals surface area contributed by atoms with Gasteiger partial charge in [-0.3, -0.25) is 10.1 Å². The zero-order chi connectivity index (χ0) is 16.9. The minimum atomic E-state index is -0.473. The summed E-state index contributed by atoms with van der Waals surface area (Å²) in [6.45, 7) is 0. The second kappa shape index (κ2) is 6.69. The summed E-state index contributed by atoms with van der Waals surface area (Å²) in [5.41, 5.74) is 1.19. The van der Waals surface area contributed by atoms with E-state index < -0.39 is 10.6 Å². The van der Waals surface area contributed by atoms with Gasteiger partial charge in [0.15, 0.2) is 5.82 Å². The average molecular weight is 323 g/mol. The molecule has 3 rings (SSSR count). The number of benzene rings is 2. The van der Waals surface area contributed by atoms with Crippen molar-refractivity contribution in [2.24, 2.45) is 5.10 Å². The van der Waals surface area contributed by atoms with Crippen molar-refractivity contribution in [1.82, 2.24) is 14.9 Å². The molecule has 1 heterocycles. The molecule has 1 aromatic heterocycles. The third-order valence-corrected chi connectivity index (χ3v) is 3.35. The Morgan fingerprint density at radius 1 is 1.17 bits per heavy atom. The van der Waals surface area contributed by atoms with Crippen molar-refractivity contribution in [3.8, 4) is 0 Å². The highest BCUT2D eigenvalue weighted by Crippen LogP contribution is 2.11. The summed E-state index contributed by atoms with van der Waals surface area (Å²) >= 11 is 0. The Kier molecular flexibility index (Phi) is 4.28. The summed E-state index contributed by atoms with van der Waals surface area (Å²) in [5, 5.41) is 21.1. The lowest BCUT2D eigenvalue weighted by Gasteiger charge is -2.00. The molecule has 8 nitrogen and oxygen atoms in total. The predicted molar refractivity (Wildman–Crippen MR) is 88.2 cm³/mol. The number of hydrogen-bond acceptors (Lipinski definition) is 5. The van der Waals surface area contributed by atoms with Gasteiger partial charge in [-0.25, -0.2) is 9.89 Å². The number of non-ortho nitro benzene ring substituents is 1. The number of H-pyrrole nitrogens is 1. The standard InChI is InChI=1S/C16H13N5O3/c22-16-19-18-15(10-12-4-2-1-3-5-12)20(16)17-11-13-6-8-14(9-7-13)21(23)24/h1-9,11H,10H2,(H,19,22)/b17-11-. The zero-order valence-electron chi connectivity index (χ0n) is 12.5. The Hall–Kier alpha value is -3.55. The molecule has 3 aromatic rings. The molecule has 0 amide bonds. The molecule has 2 aromatic carbocycles. The molecule has 0 saturated carbocycles. The van der Waals surface area contributed by atoms with Crippen molar-refractivity contribution in [1.29, 1.82) is 0 Å². The van der Waals surface area contributed by atoms with E-state index in [1.54, 1.807) is 12.1 Å². The molecule has 0 aliphatic carbocycles. The van der Waals surface area contributed by atoms with Crippen molar-refractivity contribution in [2.45, 2.75) is 6.42 Å². The lowest BCUT2D eigenvalue weighted by Crippen LogP contribution is -2.15. The van der Waals surface area contributed by atoms with Crippen molar-refractivity contribution in [3.05, 3.63) is 92.1 Å². The smallest absolute Gasteiger partial charge is 0.258 e. The van der Waals surface area contributed by atoms with E-state index in [2.05, 4.69) is 15.3 Å². The van der Waals surface area contributed by atoms with E-state index in [4.69, 9.17) is 0 Å². The highest BCUT2D eigenvalue weighted by molar-refractivity contribution is 5.79. The molecule has 0 aliphatic rings. The molecule has 0 unspecified atom stereocenters. The van der Waals surface area contributed by atoms with Crippen LogP contribution in [0.15, 0.2) is 64.5 Å². The van der Waals surface area contributed by atoms with Crippen LogP contribution >= 0.6 is 0 Å². The Balaban J connectivity index is 1.83. The van der Waals surface area contributed by atoms with Gasteiger partial charge in [0.2, 0.25) is 0 Å². The number of nitrogens with one attached hydrogen (secondary N) is 1. The summed E-state index contributed by atoms with van der Waals surface area (Å²) in [6.07, 6.45) is 1.91. The Bertz CT molecular complexity index is 926. The molecule has 0 fully saturated rings. The molecule has 1 N–H and O–H groups in total. The monoisotopic (exact) mass is 323 g/mol. The fraction of sp³-hybridized carbons (Fsp3) is 0.0625. The number of nitro benzene ring substituents is 1. The molecule has 0 spiro atoms. The van der Waals surface area contributed by atoms with Crippen LogP contribution in [0.2, 0.25) is 0 Å². The maximum Gasteiger partial charge on any atom is 0.364 e. The van der Waals surface area contributed by atoms with Crippen LogP contribution in [-0.4, -0.2) is 26.0 Å². The fourth-order valence-corrected chi connectivity index (χ4v) is 2.14. The first-order chi connectivity index (χ1) is 11.6. The van der Waals surface area contributed by atoms with Crippen LogP contribution in [0.5, 0.6) is 0 Å². The van der Waals surface area contributed by atoms with Gasteiger partial charge in [-0.15, -0.1) is 0 Å². The number of aromatic nitrogens is 3. The number of nitro groups is 1. The van der Waals surface area contributed by atoms with Gasteiger partial charge in [0, 0.05) is 18.6 Å². The molecule has 0 radical (unpaired) electrons. The molecule has 8 heteroatoms. The first-order valence-electron chi connectivity index (χ1n) is 7.12. The average Bonchev–Trinajstić information content (AvgIpc) is 2.94. The molecule has 24 heavy (non-hydrogen) atoms. The molecule has 120 valence electrons. The van der Waals surface area contributed by atoms with Gasteiger partial charge in [0.05, 0.1) is 11.1 Å². The topological polar surface area (TPSA) is 106 Å². The zero-order valence-corrected chi connectivity index (χ0v) is 12.5. The van der Waals surface area contributed by atoms with E-state index in [0.717, 1.165) is 5.56 Å². The van der Waals surface area contributed by atoms with Gasteiger partial charge < -0.3 is 0 Å². The van der Waals surface area contributed by atoms with Crippen LogP contribution in [0, 0.1) is 10.1 Å². The minimum absolute atomic E-state index is 0.00241. The molecule has 0 saturated heterocycles. The van der Waals surface area contributed by atoms with Crippen LogP contribution in [0.4, 0.5) is 5.69 Å². The van der Waals surface area contributed by atoms with Crippen LogP contribution in [-0.2, 0) is 6.42 Å². The van der Waals surface area contributed by atoms with Gasteiger partial charge >= 0.3 is 5.69 Å². The number of nitrogens with zero attached hydrogens (tertiary/aromatic N) is 4. The molecule has 0 aliphatic heterocycles. The van der Waals surface area contributed by atoms with Crippen LogP contribution in [0.3, 0.4) is 0 Å². The Labute approximate surface area is 136 Å². The molecule has 0 bridgehead atoms. The van der Waals surface area contributed by atoms with E-state index in [1.807, 2.05) is 30.3 Å². The summed E-state index contributed by atoms with van der Waals surface area (Å²) in [6, 6.07) is 15.5. The second-order valence-electron chi connectivity index (χ2n) is 5.01. The molecular weight excluding hydrogens is 310 g/mol. The molecular formula is C16H13N5O3. The van der Waals surface area contributed by atoms with Crippen LogP contribution in [0.25, 0.3) is 0 Å². The lowest BCUT2D eigenvalue weighted by atomic mass is 10.1. The van der Waals surface area contributed by atoms with Crippen molar-refractivity contribution >= 4 is 11.9 Å². The van der Waals surface area contributed by atoms with E-state index >= 15 is 0 Å². The second-order valence-corrected chi connectivity index (χ2v) is 5.01. The van der Waals surface area contributed by atoms with Gasteiger partial charge in [-0.1, -0.05) is 30.3 Å². The van der Waals surface area contributed by atoms with Crippen LogP contribution in [0.1, 0.15) is 17.0 Å². The largest absolute Gasteiger partial charge is 0.364 e. The van der Waals surface area contributed by atoms with Gasteiger partial charge in [0.25, 0.3) is 5.69 Å². The Morgan fingerprint density at radius 3 is 2.54 bits per heavy atom. The maximum absolute atomic E-state index is 11.8. The number of hydrogen-bond donors (Lipinski definition) is 1. The highest BCUT2D eigenvalue weighted by atomic mass is 16.6. The van der Waals surface area contributed by atoms with Crippen molar-refractivity contribution < 1.29 is 4.92 Å². The summed E-state index contributed by atoms with van der Waals surface area (Å²) < 4.78 is 1.18. The van der Waals surface area contributed by atoms with Gasteiger partial charge in [-0.05, 0) is 23.3 Å². The molecule has 0 atom stereocenters. The number of rotatable bonds is 5. The third-order valence-electron chi connectivity index (χ3n) is 3.35. The Morgan fingerprint density at radius 2 is 1.88 bits per heavy atom. The van der Waals surface area contributed by atoms with E-state index in [0.29, 0.717) is 17.8 Å². The van der Waals surface area contributed by atoms with E-state index in [9.17, 15) is 14.9 Å². The first-order valence-corrected chi connectivity index (χ1v) is 7.12. The SMILES string of the molecule is O=c1[nH]nc(Cc2ccccc2)n1/N=C\c1ccc([N+](=O)[O-])cc1. The lowest BCUT2D eigenvalue weighted by molar-refractivity contribution is -0.384. The summed E-state index contributed by atoms with van der Waals surface area (Å²) in [5.74, 6) is 0.476. The summed E-state index contributed by atoms with van der Waals surface area (Å²) in [4.78, 5) is 22.0. The summed E-state index contributed by atoms with van der Waals surface area (Å²) in [7, 11) is 0. The predicted octanol–water partition coefficient (Wildman–Crippen LogP) is 1.95. The minimum Gasteiger partial charge on any atom is -0.258 e. The third kappa shape index (κ3) is 3.43. The normalized spacial score (nSPS) is 11.0. The quantitative estimate of drug-likeness (QED) is 0.440. The van der Waals surface area contributed by atoms with Crippen molar-refractivity contribution in [2.75, 3.05) is 0 Å². The van der Waals surface area contributed by atoms with Gasteiger partial charge in [-0.2, -0.15) is 14.9 Å².